The molecule has 1 aliphatic carbocycles. The monoisotopic (exact) mass is 249 g/mol. The van der Waals surface area contributed by atoms with Crippen LogP contribution in [0.15, 0.2) is 24.3 Å². The first-order valence-corrected chi connectivity index (χ1v) is 6.74. The van der Waals surface area contributed by atoms with E-state index in [9.17, 15) is 5.11 Å². The predicted octanol–water partition coefficient (Wildman–Crippen LogP) is 2.60. The van der Waals surface area contributed by atoms with Gasteiger partial charge < -0.3 is 14.7 Å². The average Bonchev–Trinajstić information content (AvgIpc) is 3.18. The number of benzene rings is 1. The van der Waals surface area contributed by atoms with Crippen LogP contribution in [0, 0.1) is 5.92 Å². The van der Waals surface area contributed by atoms with Crippen molar-refractivity contribution < 1.29 is 9.84 Å². The van der Waals surface area contributed by atoms with Crippen molar-refractivity contribution in [3.05, 3.63) is 29.8 Å². The van der Waals surface area contributed by atoms with Crippen LogP contribution in [-0.4, -0.2) is 31.9 Å². The molecule has 18 heavy (non-hydrogen) atoms. The molecule has 1 aromatic rings. The van der Waals surface area contributed by atoms with Crippen LogP contribution in [0.2, 0.25) is 0 Å². The molecule has 0 unspecified atom stereocenters. The first-order chi connectivity index (χ1) is 8.68. The van der Waals surface area contributed by atoms with E-state index in [0.29, 0.717) is 0 Å². The summed E-state index contributed by atoms with van der Waals surface area (Å²) < 4.78 is 5.65. The number of rotatable bonds is 7. The smallest absolute Gasteiger partial charge is 0.0781 e. The third kappa shape index (κ3) is 3.72. The van der Waals surface area contributed by atoms with E-state index >= 15 is 0 Å². The van der Waals surface area contributed by atoms with Gasteiger partial charge in [-0.3, -0.25) is 0 Å². The Labute approximate surface area is 109 Å². The second kappa shape index (κ2) is 6.21. The van der Waals surface area contributed by atoms with Crippen LogP contribution < -0.4 is 4.90 Å². The number of anilines is 1. The Bertz CT molecular complexity index is 375. The zero-order valence-corrected chi connectivity index (χ0v) is 11.3. The highest BCUT2D eigenvalue weighted by Gasteiger charge is 2.21. The number of likely N-dealkylation sites (N-methyl/N-ethyl adjacent to an activating group) is 1. The summed E-state index contributed by atoms with van der Waals surface area (Å²) in [5.41, 5.74) is 2.06. The van der Waals surface area contributed by atoms with E-state index in [1.807, 2.05) is 31.3 Å². The van der Waals surface area contributed by atoms with Crippen molar-refractivity contribution in [1.82, 2.24) is 0 Å². The first kappa shape index (κ1) is 13.4. The Morgan fingerprint density at radius 2 is 2.11 bits per heavy atom. The highest BCUT2D eigenvalue weighted by Crippen LogP contribution is 2.29. The number of hydrogen-bond donors (Lipinski definition) is 1. The summed E-state index contributed by atoms with van der Waals surface area (Å²) in [5, 5.41) is 9.75. The molecule has 0 amide bonds. The molecule has 3 nitrogen and oxygen atoms in total. The standard InChI is InChI=1S/C15H23NO2/c1-12(17)14-5-3-4-6-15(14)16(2)9-10-18-11-13-7-8-13/h3-6,12-13,17H,7-11H2,1-2H3/t12-/m1/s1. The summed E-state index contributed by atoms with van der Waals surface area (Å²) >= 11 is 0. The molecule has 0 radical (unpaired) electrons. The molecule has 1 atom stereocenters. The van der Waals surface area contributed by atoms with Gasteiger partial charge in [-0.05, 0) is 31.7 Å². The number of aliphatic hydroxyl groups excluding tert-OH is 1. The van der Waals surface area contributed by atoms with Gasteiger partial charge in [0.2, 0.25) is 0 Å². The molecule has 2 rings (SSSR count). The van der Waals surface area contributed by atoms with E-state index in [1.165, 1.54) is 12.8 Å². The molecular formula is C15H23NO2. The molecule has 1 N–H and O–H groups in total. The molecule has 1 saturated carbocycles. The summed E-state index contributed by atoms with van der Waals surface area (Å²) in [7, 11) is 2.04. The molecule has 0 bridgehead atoms. The van der Waals surface area contributed by atoms with E-state index in [-0.39, 0.29) is 0 Å². The molecule has 0 aromatic heterocycles. The van der Waals surface area contributed by atoms with Gasteiger partial charge in [-0.25, -0.2) is 0 Å². The minimum atomic E-state index is -0.434. The first-order valence-electron chi connectivity index (χ1n) is 6.74. The van der Waals surface area contributed by atoms with E-state index in [0.717, 1.165) is 36.9 Å². The van der Waals surface area contributed by atoms with Crippen molar-refractivity contribution >= 4 is 5.69 Å². The maximum absolute atomic E-state index is 9.75. The van der Waals surface area contributed by atoms with Gasteiger partial charge >= 0.3 is 0 Å². The number of para-hydroxylation sites is 1. The molecule has 1 aromatic carbocycles. The molecule has 0 aliphatic heterocycles. The topological polar surface area (TPSA) is 32.7 Å². The Hall–Kier alpha value is -1.06. The molecule has 0 heterocycles. The minimum Gasteiger partial charge on any atom is -0.389 e. The van der Waals surface area contributed by atoms with Crippen LogP contribution >= 0.6 is 0 Å². The van der Waals surface area contributed by atoms with Gasteiger partial charge in [0.05, 0.1) is 12.7 Å². The third-order valence-corrected chi connectivity index (χ3v) is 3.42. The van der Waals surface area contributed by atoms with E-state index in [2.05, 4.69) is 4.90 Å². The van der Waals surface area contributed by atoms with Gasteiger partial charge in [0.15, 0.2) is 0 Å². The van der Waals surface area contributed by atoms with Crippen LogP contribution in [0.4, 0.5) is 5.69 Å². The summed E-state index contributed by atoms with van der Waals surface area (Å²) in [6.07, 6.45) is 2.23. The quantitative estimate of drug-likeness (QED) is 0.754. The molecule has 100 valence electrons. The van der Waals surface area contributed by atoms with Gasteiger partial charge in [-0.1, -0.05) is 18.2 Å². The average molecular weight is 249 g/mol. The zero-order valence-electron chi connectivity index (χ0n) is 11.3. The zero-order chi connectivity index (χ0) is 13.0. The predicted molar refractivity (Wildman–Crippen MR) is 73.9 cm³/mol. The van der Waals surface area contributed by atoms with Crippen LogP contribution in [0.1, 0.15) is 31.4 Å². The molecule has 1 fully saturated rings. The summed E-state index contributed by atoms with van der Waals surface area (Å²) in [4.78, 5) is 2.15. The minimum absolute atomic E-state index is 0.434. The molecule has 3 heteroatoms. The summed E-state index contributed by atoms with van der Waals surface area (Å²) in [5.74, 6) is 0.819. The van der Waals surface area contributed by atoms with Crippen LogP contribution in [0.25, 0.3) is 0 Å². The normalized spacial score (nSPS) is 16.6. The second-order valence-electron chi connectivity index (χ2n) is 5.17. The number of aliphatic hydroxyl groups is 1. The van der Waals surface area contributed by atoms with Gasteiger partial charge in [0, 0.05) is 31.5 Å². The number of hydrogen-bond acceptors (Lipinski definition) is 3. The SMILES string of the molecule is C[C@@H](O)c1ccccc1N(C)CCOCC1CC1. The van der Waals surface area contributed by atoms with Crippen LogP contribution in [0.5, 0.6) is 0 Å². The van der Waals surface area contributed by atoms with Gasteiger partial charge in [0.25, 0.3) is 0 Å². The van der Waals surface area contributed by atoms with Crippen molar-refractivity contribution in [2.45, 2.75) is 25.9 Å². The lowest BCUT2D eigenvalue weighted by Crippen LogP contribution is -2.24. The second-order valence-corrected chi connectivity index (χ2v) is 5.17. The van der Waals surface area contributed by atoms with Gasteiger partial charge in [-0.2, -0.15) is 0 Å². The molecule has 1 aliphatic rings. The summed E-state index contributed by atoms with van der Waals surface area (Å²) in [6.45, 7) is 4.32. The Morgan fingerprint density at radius 3 is 2.78 bits per heavy atom. The molecule has 0 saturated heterocycles. The fraction of sp³-hybridized carbons (Fsp3) is 0.600. The van der Waals surface area contributed by atoms with Crippen molar-refractivity contribution in [2.75, 3.05) is 31.7 Å². The largest absolute Gasteiger partial charge is 0.389 e. The summed E-state index contributed by atoms with van der Waals surface area (Å²) in [6, 6.07) is 7.98. The Morgan fingerprint density at radius 1 is 1.39 bits per heavy atom. The van der Waals surface area contributed by atoms with E-state index in [4.69, 9.17) is 4.74 Å². The Kier molecular flexibility index (Phi) is 4.61. The van der Waals surface area contributed by atoms with Crippen LogP contribution in [-0.2, 0) is 4.74 Å². The molecule has 0 spiro atoms. The van der Waals surface area contributed by atoms with Crippen molar-refractivity contribution in [1.29, 1.82) is 0 Å². The van der Waals surface area contributed by atoms with Crippen molar-refractivity contribution in [3.8, 4) is 0 Å². The van der Waals surface area contributed by atoms with Crippen molar-refractivity contribution in [2.24, 2.45) is 5.92 Å². The lowest BCUT2D eigenvalue weighted by molar-refractivity contribution is 0.130. The van der Waals surface area contributed by atoms with E-state index < -0.39 is 6.10 Å². The van der Waals surface area contributed by atoms with Crippen LogP contribution in [0.3, 0.4) is 0 Å². The number of nitrogens with zero attached hydrogens (tertiary/aromatic N) is 1. The highest BCUT2D eigenvalue weighted by atomic mass is 16.5. The Balaban J connectivity index is 1.84. The fourth-order valence-electron chi connectivity index (χ4n) is 2.04. The molecular weight excluding hydrogens is 226 g/mol. The third-order valence-electron chi connectivity index (χ3n) is 3.42. The van der Waals surface area contributed by atoms with Gasteiger partial charge in [-0.15, -0.1) is 0 Å². The number of ether oxygens (including phenoxy) is 1. The maximum atomic E-state index is 9.75. The van der Waals surface area contributed by atoms with Gasteiger partial charge in [0.1, 0.15) is 0 Å². The van der Waals surface area contributed by atoms with Crippen molar-refractivity contribution in [3.63, 3.8) is 0 Å². The lowest BCUT2D eigenvalue weighted by atomic mass is 10.1. The maximum Gasteiger partial charge on any atom is 0.0781 e. The fourth-order valence-corrected chi connectivity index (χ4v) is 2.04. The highest BCUT2D eigenvalue weighted by molar-refractivity contribution is 5.53. The lowest BCUT2D eigenvalue weighted by Gasteiger charge is -2.23. The van der Waals surface area contributed by atoms with E-state index in [1.54, 1.807) is 6.92 Å².